The number of aryl methyl sites for hydroxylation is 1. The van der Waals surface area contributed by atoms with Crippen molar-refractivity contribution in [2.75, 3.05) is 11.9 Å². The molecule has 0 radical (unpaired) electrons. The van der Waals surface area contributed by atoms with Crippen LogP contribution in [-0.4, -0.2) is 24.3 Å². The van der Waals surface area contributed by atoms with E-state index < -0.39 is 12.6 Å². The maximum absolute atomic E-state index is 12.5. The fourth-order valence-corrected chi connectivity index (χ4v) is 3.25. The number of anilines is 1. The summed E-state index contributed by atoms with van der Waals surface area (Å²) in [6.07, 6.45) is 1.84. The Labute approximate surface area is 158 Å². The van der Waals surface area contributed by atoms with E-state index in [0.29, 0.717) is 10.5 Å². The lowest BCUT2D eigenvalue weighted by molar-refractivity contribution is -0.0498. The van der Waals surface area contributed by atoms with Gasteiger partial charge in [-0.25, -0.2) is 4.79 Å². The highest BCUT2D eigenvalue weighted by atomic mass is 32.1. The SMILES string of the molecule is Cc1cn(-c2ccc(OC(F)F)cc2)/c(=N/C(=O)N(C)c2ccccc2)s1. The van der Waals surface area contributed by atoms with Gasteiger partial charge in [0.25, 0.3) is 0 Å². The Kier molecular flexibility index (Phi) is 5.66. The van der Waals surface area contributed by atoms with E-state index in [1.54, 1.807) is 23.7 Å². The predicted molar refractivity (Wildman–Crippen MR) is 101 cm³/mol. The molecule has 3 rings (SSSR count). The summed E-state index contributed by atoms with van der Waals surface area (Å²) in [6.45, 7) is -0.969. The van der Waals surface area contributed by atoms with Gasteiger partial charge in [-0.05, 0) is 43.3 Å². The number of carbonyl (C=O) groups is 1. The molecule has 5 nitrogen and oxygen atoms in total. The number of para-hydroxylation sites is 1. The first-order valence-electron chi connectivity index (χ1n) is 8.06. The standard InChI is InChI=1S/C19H17F2N3O2S/c1-13-12-24(15-8-10-16(11-9-15)26-17(20)21)19(27-13)22-18(25)23(2)14-6-4-3-5-7-14/h3-12,17H,1-2H3/b22-19-. The average Bonchev–Trinajstić information content (AvgIpc) is 3.02. The number of hydrogen-bond acceptors (Lipinski definition) is 3. The summed E-state index contributed by atoms with van der Waals surface area (Å²) in [5.74, 6) is 0.0691. The zero-order valence-electron chi connectivity index (χ0n) is 14.7. The van der Waals surface area contributed by atoms with Gasteiger partial charge in [0.15, 0.2) is 4.80 Å². The van der Waals surface area contributed by atoms with Crippen LogP contribution in [0.2, 0.25) is 0 Å². The molecular weight excluding hydrogens is 372 g/mol. The van der Waals surface area contributed by atoms with Crippen molar-refractivity contribution >= 4 is 23.1 Å². The molecule has 0 saturated heterocycles. The van der Waals surface area contributed by atoms with Crippen molar-refractivity contribution in [2.24, 2.45) is 4.99 Å². The Bertz CT molecular complexity index is 982. The van der Waals surface area contributed by atoms with Crippen molar-refractivity contribution in [3.05, 3.63) is 70.5 Å². The Morgan fingerprint density at radius 1 is 1.15 bits per heavy atom. The zero-order valence-corrected chi connectivity index (χ0v) is 15.5. The van der Waals surface area contributed by atoms with Crippen molar-refractivity contribution in [1.82, 2.24) is 4.57 Å². The quantitative estimate of drug-likeness (QED) is 0.654. The summed E-state index contributed by atoms with van der Waals surface area (Å²) in [6, 6.07) is 15.0. The summed E-state index contributed by atoms with van der Waals surface area (Å²) in [7, 11) is 1.66. The number of halogens is 2. The van der Waals surface area contributed by atoms with Crippen LogP contribution >= 0.6 is 11.3 Å². The van der Waals surface area contributed by atoms with Crippen LogP contribution in [0.5, 0.6) is 5.75 Å². The molecule has 2 amide bonds. The number of amides is 2. The molecule has 8 heteroatoms. The van der Waals surface area contributed by atoms with Crippen molar-refractivity contribution in [1.29, 1.82) is 0 Å². The Balaban J connectivity index is 1.91. The minimum atomic E-state index is -2.87. The second-order valence-corrected chi connectivity index (χ2v) is 6.87. The zero-order chi connectivity index (χ0) is 19.4. The molecule has 0 unspecified atom stereocenters. The Morgan fingerprint density at radius 2 is 1.81 bits per heavy atom. The smallest absolute Gasteiger partial charge is 0.387 e. The van der Waals surface area contributed by atoms with Crippen LogP contribution in [0.4, 0.5) is 19.3 Å². The van der Waals surface area contributed by atoms with Gasteiger partial charge in [-0.3, -0.25) is 9.47 Å². The van der Waals surface area contributed by atoms with Gasteiger partial charge in [0.05, 0.1) is 0 Å². The molecule has 0 N–H and O–H groups in total. The molecule has 3 aromatic rings. The summed E-state index contributed by atoms with van der Waals surface area (Å²) in [4.78, 5) is 19.7. The van der Waals surface area contributed by atoms with E-state index in [9.17, 15) is 13.6 Å². The first-order chi connectivity index (χ1) is 12.9. The third kappa shape index (κ3) is 4.59. The first-order valence-corrected chi connectivity index (χ1v) is 8.87. The first kappa shape index (κ1) is 18.8. The third-order valence-corrected chi connectivity index (χ3v) is 4.63. The molecule has 0 aliphatic rings. The predicted octanol–water partition coefficient (Wildman–Crippen LogP) is 4.61. The number of thiazole rings is 1. The summed E-state index contributed by atoms with van der Waals surface area (Å²) in [5.41, 5.74) is 1.43. The number of aromatic nitrogens is 1. The minimum Gasteiger partial charge on any atom is -0.435 e. The molecule has 0 aliphatic carbocycles. The maximum atomic E-state index is 12.5. The number of nitrogens with zero attached hydrogens (tertiary/aromatic N) is 3. The molecule has 1 aromatic heterocycles. The van der Waals surface area contributed by atoms with E-state index in [0.717, 1.165) is 10.6 Å². The molecule has 0 atom stereocenters. The van der Waals surface area contributed by atoms with Crippen LogP contribution in [0.1, 0.15) is 4.88 Å². The second-order valence-electron chi connectivity index (χ2n) is 5.66. The molecule has 0 spiro atoms. The number of urea groups is 1. The van der Waals surface area contributed by atoms with E-state index in [1.807, 2.05) is 43.5 Å². The molecule has 0 aliphatic heterocycles. The van der Waals surface area contributed by atoms with Crippen LogP contribution in [0, 0.1) is 6.92 Å². The third-order valence-electron chi connectivity index (χ3n) is 3.73. The fraction of sp³-hybridized carbons (Fsp3) is 0.158. The Hall–Kier alpha value is -3.00. The summed E-state index contributed by atoms with van der Waals surface area (Å²) >= 11 is 1.36. The van der Waals surface area contributed by atoms with Gasteiger partial charge in [0.2, 0.25) is 0 Å². The van der Waals surface area contributed by atoms with Crippen molar-refractivity contribution in [3.8, 4) is 11.4 Å². The van der Waals surface area contributed by atoms with Crippen LogP contribution in [0.3, 0.4) is 0 Å². The van der Waals surface area contributed by atoms with E-state index in [-0.39, 0.29) is 5.75 Å². The van der Waals surface area contributed by atoms with Gasteiger partial charge in [-0.2, -0.15) is 13.8 Å². The molecule has 1 heterocycles. The highest BCUT2D eigenvalue weighted by Crippen LogP contribution is 2.18. The fourth-order valence-electron chi connectivity index (χ4n) is 2.43. The van der Waals surface area contributed by atoms with Crippen LogP contribution in [0.15, 0.2) is 65.8 Å². The maximum Gasteiger partial charge on any atom is 0.387 e. The van der Waals surface area contributed by atoms with Gasteiger partial charge < -0.3 is 4.74 Å². The average molecular weight is 389 g/mol. The van der Waals surface area contributed by atoms with E-state index in [2.05, 4.69) is 9.73 Å². The lowest BCUT2D eigenvalue weighted by Gasteiger charge is -2.13. The van der Waals surface area contributed by atoms with Gasteiger partial charge in [-0.1, -0.05) is 18.2 Å². The van der Waals surface area contributed by atoms with Gasteiger partial charge in [0, 0.05) is 29.5 Å². The molecule has 140 valence electrons. The topological polar surface area (TPSA) is 46.8 Å². The largest absolute Gasteiger partial charge is 0.435 e. The monoisotopic (exact) mass is 389 g/mol. The van der Waals surface area contributed by atoms with Crippen LogP contribution in [-0.2, 0) is 0 Å². The lowest BCUT2D eigenvalue weighted by Crippen LogP contribution is -2.26. The lowest BCUT2D eigenvalue weighted by atomic mass is 10.3. The van der Waals surface area contributed by atoms with Crippen molar-refractivity contribution < 1.29 is 18.3 Å². The number of hydrogen-bond donors (Lipinski definition) is 0. The van der Waals surface area contributed by atoms with Gasteiger partial charge in [-0.15, -0.1) is 11.3 Å². The summed E-state index contributed by atoms with van der Waals surface area (Å²) < 4.78 is 30.7. The Morgan fingerprint density at radius 3 is 2.44 bits per heavy atom. The van der Waals surface area contributed by atoms with Gasteiger partial charge >= 0.3 is 12.6 Å². The van der Waals surface area contributed by atoms with Crippen LogP contribution in [0.25, 0.3) is 5.69 Å². The van der Waals surface area contributed by atoms with Crippen molar-refractivity contribution in [3.63, 3.8) is 0 Å². The summed E-state index contributed by atoms with van der Waals surface area (Å²) in [5, 5.41) is 0. The second kappa shape index (κ2) is 8.13. The highest BCUT2D eigenvalue weighted by Gasteiger charge is 2.11. The number of carbonyl (C=O) groups excluding carboxylic acids is 1. The molecule has 0 bridgehead atoms. The van der Waals surface area contributed by atoms with E-state index >= 15 is 0 Å². The number of ether oxygens (including phenoxy) is 1. The molecule has 0 fully saturated rings. The molecule has 2 aromatic carbocycles. The van der Waals surface area contributed by atoms with Crippen molar-refractivity contribution in [2.45, 2.75) is 13.5 Å². The number of benzene rings is 2. The van der Waals surface area contributed by atoms with Crippen LogP contribution < -0.4 is 14.4 Å². The highest BCUT2D eigenvalue weighted by molar-refractivity contribution is 7.09. The number of alkyl halides is 2. The normalized spacial score (nSPS) is 11.7. The van der Waals surface area contributed by atoms with Gasteiger partial charge in [0.1, 0.15) is 5.75 Å². The minimum absolute atomic E-state index is 0.0691. The molecule has 27 heavy (non-hydrogen) atoms. The van der Waals surface area contributed by atoms with E-state index in [1.165, 1.54) is 28.4 Å². The number of rotatable bonds is 4. The molecular formula is C19H17F2N3O2S. The molecule has 0 saturated carbocycles. The van der Waals surface area contributed by atoms with E-state index in [4.69, 9.17) is 0 Å².